The van der Waals surface area contributed by atoms with Gasteiger partial charge in [0.15, 0.2) is 0 Å². The molecule has 0 spiro atoms. The molecule has 0 saturated carbocycles. The minimum Gasteiger partial charge on any atom is -0.353 e. The molecule has 1 aromatic rings. The van der Waals surface area contributed by atoms with E-state index in [1.165, 1.54) is 29.9 Å². The fourth-order valence-corrected chi connectivity index (χ4v) is 5.01. The summed E-state index contributed by atoms with van der Waals surface area (Å²) >= 11 is 3.39. The topological polar surface area (TPSA) is 49.4 Å². The van der Waals surface area contributed by atoms with Gasteiger partial charge < -0.3 is 10.2 Å². The van der Waals surface area contributed by atoms with Gasteiger partial charge in [-0.05, 0) is 49.3 Å². The number of amides is 2. The number of nitrogens with zero attached hydrogens (tertiary/aromatic N) is 1. The Kier molecular flexibility index (Phi) is 5.41. The normalized spacial score (nSPS) is 25.2. The summed E-state index contributed by atoms with van der Waals surface area (Å²) in [5.41, 5.74) is 0. The van der Waals surface area contributed by atoms with E-state index >= 15 is 0 Å². The first-order chi connectivity index (χ1) is 10.8. The third-order valence-corrected chi connectivity index (χ3v) is 6.58. The lowest BCUT2D eigenvalue weighted by atomic mass is 10.0. The van der Waals surface area contributed by atoms with E-state index in [9.17, 15) is 9.59 Å². The van der Waals surface area contributed by atoms with Crippen LogP contribution in [0.5, 0.6) is 0 Å². The van der Waals surface area contributed by atoms with E-state index in [0.29, 0.717) is 11.8 Å². The van der Waals surface area contributed by atoms with Gasteiger partial charge in [0.2, 0.25) is 5.91 Å². The van der Waals surface area contributed by atoms with Gasteiger partial charge in [-0.2, -0.15) is 11.8 Å². The lowest BCUT2D eigenvalue weighted by Crippen LogP contribution is -2.52. The summed E-state index contributed by atoms with van der Waals surface area (Å²) in [5.74, 6) is 1.23. The van der Waals surface area contributed by atoms with Crippen molar-refractivity contribution in [2.75, 3.05) is 18.8 Å². The smallest absolute Gasteiger partial charge is 0.264 e. The number of hydrogen-bond acceptors (Lipinski definition) is 4. The summed E-state index contributed by atoms with van der Waals surface area (Å²) in [6.07, 6.45) is 5.22. The number of hydrogen-bond donors (Lipinski definition) is 1. The van der Waals surface area contributed by atoms with E-state index in [4.69, 9.17) is 0 Å². The Balaban J connectivity index is 1.61. The molecule has 2 fully saturated rings. The molecule has 0 aromatic carbocycles. The van der Waals surface area contributed by atoms with Crippen LogP contribution < -0.4 is 5.32 Å². The van der Waals surface area contributed by atoms with E-state index in [2.05, 4.69) is 5.32 Å². The lowest BCUT2D eigenvalue weighted by Gasteiger charge is -2.34. The maximum absolute atomic E-state index is 12.6. The Morgan fingerprint density at radius 2 is 2.18 bits per heavy atom. The zero-order chi connectivity index (χ0) is 15.4. The number of piperidine rings is 1. The first-order valence-electron chi connectivity index (χ1n) is 7.99. The molecule has 0 aliphatic carbocycles. The molecule has 2 saturated heterocycles. The number of likely N-dealkylation sites (tertiary alicyclic amines) is 1. The third kappa shape index (κ3) is 3.66. The van der Waals surface area contributed by atoms with Gasteiger partial charge in [0.05, 0.1) is 4.88 Å². The Hall–Kier alpha value is -1.01. The highest BCUT2D eigenvalue weighted by Crippen LogP contribution is 2.26. The Labute approximate surface area is 139 Å². The predicted octanol–water partition coefficient (Wildman–Crippen LogP) is 2.75. The Morgan fingerprint density at radius 3 is 2.91 bits per heavy atom. The molecule has 2 atom stereocenters. The molecule has 0 radical (unpaired) electrons. The summed E-state index contributed by atoms with van der Waals surface area (Å²) in [4.78, 5) is 27.6. The lowest BCUT2D eigenvalue weighted by molar-refractivity contribution is -0.126. The van der Waals surface area contributed by atoms with Gasteiger partial charge in [0.25, 0.3) is 5.91 Å². The van der Waals surface area contributed by atoms with Crippen molar-refractivity contribution in [3.8, 4) is 0 Å². The van der Waals surface area contributed by atoms with Crippen LogP contribution >= 0.6 is 23.1 Å². The zero-order valence-electron chi connectivity index (χ0n) is 12.6. The number of rotatable bonds is 4. The van der Waals surface area contributed by atoms with E-state index in [0.717, 1.165) is 30.7 Å². The molecule has 3 heterocycles. The van der Waals surface area contributed by atoms with Gasteiger partial charge in [0.1, 0.15) is 6.04 Å². The number of thiophene rings is 1. The molecule has 6 heteroatoms. The van der Waals surface area contributed by atoms with Crippen LogP contribution in [0.1, 0.15) is 41.8 Å². The van der Waals surface area contributed by atoms with Gasteiger partial charge in [-0.25, -0.2) is 0 Å². The number of thioether (sulfide) groups is 1. The maximum Gasteiger partial charge on any atom is 0.264 e. The van der Waals surface area contributed by atoms with Crippen LogP contribution in [-0.2, 0) is 4.79 Å². The van der Waals surface area contributed by atoms with Crippen molar-refractivity contribution in [1.82, 2.24) is 10.2 Å². The predicted molar refractivity (Wildman–Crippen MR) is 91.5 cm³/mol. The summed E-state index contributed by atoms with van der Waals surface area (Å²) in [6, 6.07) is 3.43. The number of carbonyl (C=O) groups is 2. The molecule has 1 aromatic heterocycles. The van der Waals surface area contributed by atoms with Crippen LogP contribution in [0.2, 0.25) is 0 Å². The van der Waals surface area contributed by atoms with Gasteiger partial charge >= 0.3 is 0 Å². The molecule has 120 valence electrons. The Bertz CT molecular complexity index is 512. The minimum absolute atomic E-state index is 0.00471. The molecular formula is C16H22N2O2S2. The summed E-state index contributed by atoms with van der Waals surface area (Å²) in [7, 11) is 0. The average molecular weight is 338 g/mol. The van der Waals surface area contributed by atoms with Crippen LogP contribution in [-0.4, -0.2) is 46.8 Å². The van der Waals surface area contributed by atoms with Crippen LogP contribution in [0.15, 0.2) is 17.5 Å². The van der Waals surface area contributed by atoms with Crippen molar-refractivity contribution in [2.24, 2.45) is 0 Å². The van der Waals surface area contributed by atoms with Gasteiger partial charge in [-0.15, -0.1) is 11.3 Å². The molecule has 1 N–H and O–H groups in total. The van der Waals surface area contributed by atoms with Crippen LogP contribution in [0, 0.1) is 0 Å². The standard InChI is InChI=1S/C16H22N2O2S2/c19-15(17-11-12-5-3-9-21-12)13-6-1-2-8-18(13)16(20)14-7-4-10-22-14/h4,7,10,12-13H,1-3,5-6,8-9,11H2,(H,17,19)/t12-,13-/m1/s1. The molecule has 22 heavy (non-hydrogen) atoms. The van der Waals surface area contributed by atoms with E-state index in [1.807, 2.05) is 29.3 Å². The number of nitrogens with one attached hydrogen (secondary N) is 1. The molecule has 0 unspecified atom stereocenters. The first kappa shape index (κ1) is 15.9. The summed E-state index contributed by atoms with van der Waals surface area (Å²) in [6.45, 7) is 1.42. The molecule has 0 bridgehead atoms. The van der Waals surface area contributed by atoms with E-state index in [1.54, 1.807) is 4.90 Å². The Morgan fingerprint density at radius 1 is 1.27 bits per heavy atom. The van der Waals surface area contributed by atoms with Crippen LogP contribution in [0.3, 0.4) is 0 Å². The fraction of sp³-hybridized carbons (Fsp3) is 0.625. The first-order valence-corrected chi connectivity index (χ1v) is 9.92. The highest BCUT2D eigenvalue weighted by Gasteiger charge is 2.33. The summed E-state index contributed by atoms with van der Waals surface area (Å²) < 4.78 is 0. The van der Waals surface area contributed by atoms with Crippen molar-refractivity contribution >= 4 is 34.9 Å². The number of carbonyl (C=O) groups excluding carboxylic acids is 2. The highest BCUT2D eigenvalue weighted by atomic mass is 32.2. The SMILES string of the molecule is O=C(NC[C@H]1CCCS1)[C@H]1CCCCN1C(=O)c1cccs1. The second kappa shape index (κ2) is 7.51. The van der Waals surface area contributed by atoms with Crippen molar-refractivity contribution < 1.29 is 9.59 Å². The van der Waals surface area contributed by atoms with E-state index in [-0.39, 0.29) is 17.9 Å². The molecule has 2 aliphatic rings. The highest BCUT2D eigenvalue weighted by molar-refractivity contribution is 8.00. The summed E-state index contributed by atoms with van der Waals surface area (Å²) in [5, 5.41) is 5.53. The molecule has 4 nitrogen and oxygen atoms in total. The molecule has 3 rings (SSSR count). The molecule has 2 amide bonds. The van der Waals surface area contributed by atoms with Gasteiger partial charge in [-0.1, -0.05) is 6.07 Å². The van der Waals surface area contributed by atoms with Crippen molar-refractivity contribution in [3.63, 3.8) is 0 Å². The van der Waals surface area contributed by atoms with Crippen molar-refractivity contribution in [1.29, 1.82) is 0 Å². The minimum atomic E-state index is -0.297. The quantitative estimate of drug-likeness (QED) is 0.918. The van der Waals surface area contributed by atoms with E-state index < -0.39 is 0 Å². The molecular weight excluding hydrogens is 316 g/mol. The largest absolute Gasteiger partial charge is 0.353 e. The second-order valence-corrected chi connectivity index (χ2v) is 8.22. The van der Waals surface area contributed by atoms with Gasteiger partial charge in [-0.3, -0.25) is 9.59 Å². The second-order valence-electron chi connectivity index (χ2n) is 5.87. The van der Waals surface area contributed by atoms with Crippen LogP contribution in [0.25, 0.3) is 0 Å². The average Bonchev–Trinajstić information content (AvgIpc) is 3.25. The maximum atomic E-state index is 12.6. The van der Waals surface area contributed by atoms with Crippen molar-refractivity contribution in [2.45, 2.75) is 43.4 Å². The monoisotopic (exact) mass is 338 g/mol. The van der Waals surface area contributed by atoms with Crippen LogP contribution in [0.4, 0.5) is 0 Å². The zero-order valence-corrected chi connectivity index (χ0v) is 14.3. The molecule has 2 aliphatic heterocycles. The third-order valence-electron chi connectivity index (χ3n) is 4.33. The fourth-order valence-electron chi connectivity index (χ4n) is 3.13. The van der Waals surface area contributed by atoms with Crippen molar-refractivity contribution in [3.05, 3.63) is 22.4 Å². The van der Waals surface area contributed by atoms with Gasteiger partial charge in [0, 0.05) is 18.3 Å².